The van der Waals surface area contributed by atoms with Gasteiger partial charge in [-0.25, -0.2) is 0 Å². The van der Waals surface area contributed by atoms with Crippen LogP contribution in [0.1, 0.15) is 64.7 Å². The number of nitrogens with one attached hydrogen (secondary N) is 1. The number of ketones is 2. The van der Waals surface area contributed by atoms with E-state index < -0.39 is 74.6 Å². The van der Waals surface area contributed by atoms with Gasteiger partial charge in [0.2, 0.25) is 11.7 Å². The summed E-state index contributed by atoms with van der Waals surface area (Å²) in [5.74, 6) is -7.58. The van der Waals surface area contributed by atoms with Gasteiger partial charge in [-0.15, -0.1) is 0 Å². The number of benzene rings is 2. The Morgan fingerprint density at radius 3 is 2.28 bits per heavy atom. The summed E-state index contributed by atoms with van der Waals surface area (Å²) >= 11 is 0. The van der Waals surface area contributed by atoms with Gasteiger partial charge in [-0.05, 0) is 81.8 Å². The highest BCUT2D eigenvalue weighted by atomic mass is 16.6. The number of nitrogens with zero attached hydrogens (tertiary/aromatic N) is 2. The minimum absolute atomic E-state index is 0.0174. The maximum absolute atomic E-state index is 14.5. The Balaban J connectivity index is 1.74. The molecule has 0 aliphatic heterocycles. The molecule has 2 saturated carbocycles. The first-order valence-electron chi connectivity index (χ1n) is 15.7. The lowest BCUT2D eigenvalue weighted by Crippen LogP contribution is -2.74. The summed E-state index contributed by atoms with van der Waals surface area (Å²) in [6.07, 6.45) is -1.48. The Morgan fingerprint density at radius 2 is 1.72 bits per heavy atom. The number of rotatable bonds is 4. The van der Waals surface area contributed by atoms with Gasteiger partial charge in [0.25, 0.3) is 5.69 Å². The van der Waals surface area contributed by atoms with Crippen molar-refractivity contribution in [1.29, 1.82) is 0 Å². The van der Waals surface area contributed by atoms with Crippen LogP contribution in [0.2, 0.25) is 0 Å². The van der Waals surface area contributed by atoms with Gasteiger partial charge < -0.3 is 30.6 Å². The van der Waals surface area contributed by atoms with Crippen LogP contribution in [-0.2, 0) is 26.2 Å². The van der Waals surface area contributed by atoms with Gasteiger partial charge in [-0.1, -0.05) is 32.9 Å². The predicted molar refractivity (Wildman–Crippen MR) is 174 cm³/mol. The molecule has 2 unspecified atom stereocenters. The summed E-state index contributed by atoms with van der Waals surface area (Å²) in [4.78, 5) is 54.6. The van der Waals surface area contributed by atoms with E-state index in [9.17, 15) is 44.9 Å². The molecule has 5 N–H and O–H groups in total. The molecule has 3 aliphatic carbocycles. The number of likely N-dealkylation sites (N-methyl/N-ethyl adjacent to an activating group) is 1. The van der Waals surface area contributed by atoms with Crippen molar-refractivity contribution < 1.29 is 39.7 Å². The highest BCUT2D eigenvalue weighted by Gasteiger charge is 2.68. The van der Waals surface area contributed by atoms with Gasteiger partial charge in [0.15, 0.2) is 11.4 Å². The van der Waals surface area contributed by atoms with E-state index >= 15 is 0 Å². The average molecular weight is 650 g/mol. The second-order valence-electron chi connectivity index (χ2n) is 15.4. The lowest BCUT2D eigenvalue weighted by atomic mass is 9.54. The maximum atomic E-state index is 14.5. The van der Waals surface area contributed by atoms with Crippen LogP contribution in [0.5, 0.6) is 5.75 Å². The van der Waals surface area contributed by atoms with E-state index in [4.69, 9.17) is 0 Å². The third-order valence-corrected chi connectivity index (χ3v) is 9.74. The molecule has 0 saturated heterocycles. The molecule has 12 nitrogen and oxygen atoms in total. The van der Waals surface area contributed by atoms with Crippen molar-refractivity contribution in [3.8, 4) is 16.9 Å². The first-order chi connectivity index (χ1) is 21.6. The molecule has 12 heteroatoms. The van der Waals surface area contributed by atoms with Crippen LogP contribution < -0.4 is 5.32 Å². The third-order valence-electron chi connectivity index (χ3n) is 9.74. The van der Waals surface area contributed by atoms with Crippen molar-refractivity contribution in [2.75, 3.05) is 14.1 Å². The number of carbonyl (C=O) groups is 3. The van der Waals surface area contributed by atoms with Crippen molar-refractivity contribution >= 4 is 28.9 Å². The number of non-ortho nitro benzene ring substituents is 1. The van der Waals surface area contributed by atoms with Crippen molar-refractivity contribution in [2.24, 2.45) is 17.8 Å². The van der Waals surface area contributed by atoms with Gasteiger partial charge in [-0.2, -0.15) is 0 Å². The standard InChI is InChI=1S/C35H43N3O9/c1-33(2,3)22-15-19(16-10-9-11-18(12-16)38(46)47)20-13-17-14-21-26(37(7)8)29(41)25(32(44)36-34(4,5)6)31(43)35(21,45)30(42)23(17)28(40)24(20)27(22)39/h9-12,15,17,21,25-26,29,39-41,45H,13-14H2,1-8H3,(H,36,44)/t17-,21-,25?,26-,29?,35-/m1/s1. The Labute approximate surface area is 273 Å². The Morgan fingerprint density at radius 1 is 1.09 bits per heavy atom. The monoisotopic (exact) mass is 649 g/mol. The second-order valence-corrected chi connectivity index (χ2v) is 15.4. The van der Waals surface area contributed by atoms with E-state index in [1.54, 1.807) is 58.0 Å². The number of fused-ring (bicyclic) bond motifs is 3. The smallest absolute Gasteiger partial charge is 0.270 e. The zero-order chi connectivity index (χ0) is 35.1. The number of phenols is 1. The van der Waals surface area contributed by atoms with E-state index in [1.807, 2.05) is 20.8 Å². The lowest BCUT2D eigenvalue weighted by Gasteiger charge is -2.54. The van der Waals surface area contributed by atoms with Crippen LogP contribution in [0.4, 0.5) is 5.69 Å². The Bertz CT molecular complexity index is 1730. The van der Waals surface area contributed by atoms with E-state index in [0.29, 0.717) is 22.3 Å². The van der Waals surface area contributed by atoms with E-state index in [1.165, 1.54) is 12.1 Å². The molecular weight excluding hydrogens is 606 g/mol. The number of nitro benzene ring substituents is 1. The third kappa shape index (κ3) is 5.41. The largest absolute Gasteiger partial charge is 0.507 e. The molecule has 0 aromatic heterocycles. The van der Waals surface area contributed by atoms with Crippen LogP contribution in [-0.4, -0.2) is 85.1 Å². The minimum Gasteiger partial charge on any atom is -0.507 e. The highest BCUT2D eigenvalue weighted by molar-refractivity contribution is 6.25. The Hall–Kier alpha value is -4.13. The van der Waals surface area contributed by atoms with Gasteiger partial charge in [-0.3, -0.25) is 24.5 Å². The molecule has 47 heavy (non-hydrogen) atoms. The zero-order valence-electron chi connectivity index (χ0n) is 27.9. The highest BCUT2D eigenvalue weighted by Crippen LogP contribution is 2.54. The summed E-state index contributed by atoms with van der Waals surface area (Å²) in [5, 5.41) is 61.5. The number of phenolic OH excluding ortho intramolecular Hbond substituents is 1. The van der Waals surface area contributed by atoms with Crippen molar-refractivity contribution in [3.63, 3.8) is 0 Å². The quantitative estimate of drug-likeness (QED) is 0.186. The molecular formula is C35H43N3O9. The summed E-state index contributed by atoms with van der Waals surface area (Å²) in [7, 11) is 3.25. The molecule has 0 bridgehead atoms. The number of aliphatic hydroxyl groups excluding tert-OH is 2. The van der Waals surface area contributed by atoms with Crippen LogP contribution in [0.25, 0.3) is 16.9 Å². The minimum atomic E-state index is -2.74. The fourth-order valence-electron chi connectivity index (χ4n) is 7.71. The number of nitro groups is 1. The average Bonchev–Trinajstić information content (AvgIpc) is 2.93. The maximum Gasteiger partial charge on any atom is 0.270 e. The molecule has 5 rings (SSSR count). The molecule has 0 heterocycles. The van der Waals surface area contributed by atoms with Crippen LogP contribution >= 0.6 is 0 Å². The molecule has 0 radical (unpaired) electrons. The van der Waals surface area contributed by atoms with Gasteiger partial charge in [0.1, 0.15) is 17.4 Å². The lowest BCUT2D eigenvalue weighted by molar-refractivity contribution is -0.384. The SMILES string of the molecule is CN(C)[C@H]1C(O)C(C(=O)NC(C)(C)C)C(=O)[C@]2(O)C(=O)C3=C(O)c4c(O)c(C(C)(C)C)cc(-c5cccc([N+](=O)[O-])c5)c4C[C@@H]3C[C@H]12. The topological polar surface area (TPSA) is 191 Å². The number of Topliss-reactive ketones (excluding diaryl/α,β-unsaturated/α-hetero) is 2. The second kappa shape index (κ2) is 11.2. The summed E-state index contributed by atoms with van der Waals surface area (Å²) in [6, 6.07) is 6.74. The van der Waals surface area contributed by atoms with Crippen molar-refractivity contribution in [3.05, 3.63) is 62.7 Å². The van der Waals surface area contributed by atoms with E-state index in [0.717, 1.165) is 0 Å². The summed E-state index contributed by atoms with van der Waals surface area (Å²) in [6.45, 7) is 10.6. The summed E-state index contributed by atoms with van der Waals surface area (Å²) < 4.78 is 0. The molecule has 2 fully saturated rings. The first-order valence-corrected chi connectivity index (χ1v) is 15.7. The predicted octanol–water partition coefficient (Wildman–Crippen LogP) is 3.43. The van der Waals surface area contributed by atoms with E-state index in [2.05, 4.69) is 5.32 Å². The normalized spacial score (nSPS) is 27.7. The van der Waals surface area contributed by atoms with Crippen LogP contribution in [0.15, 0.2) is 35.9 Å². The zero-order valence-corrected chi connectivity index (χ0v) is 27.9. The Kier molecular flexibility index (Phi) is 8.18. The molecule has 1 amide bonds. The molecule has 6 atom stereocenters. The van der Waals surface area contributed by atoms with Gasteiger partial charge >= 0.3 is 0 Å². The molecule has 2 aromatic rings. The van der Waals surface area contributed by atoms with E-state index in [-0.39, 0.29) is 35.4 Å². The molecule has 3 aliphatic rings. The number of carbonyl (C=O) groups excluding carboxylic acids is 3. The van der Waals surface area contributed by atoms with Gasteiger partial charge in [0.05, 0.1) is 16.6 Å². The fourth-order valence-corrected chi connectivity index (χ4v) is 7.71. The van der Waals surface area contributed by atoms with Crippen LogP contribution in [0.3, 0.4) is 0 Å². The molecule has 252 valence electrons. The van der Waals surface area contributed by atoms with Crippen molar-refractivity contribution in [2.45, 2.75) is 83.1 Å². The number of hydrogen-bond donors (Lipinski definition) is 5. The molecule has 2 aromatic carbocycles. The van der Waals surface area contributed by atoms with Crippen LogP contribution in [0, 0.1) is 27.9 Å². The number of aromatic hydroxyl groups is 1. The first kappa shape index (κ1) is 34.2. The number of hydrogen-bond acceptors (Lipinski definition) is 10. The summed E-state index contributed by atoms with van der Waals surface area (Å²) in [5.41, 5.74) is -2.77. The fraction of sp³-hybridized carbons (Fsp3) is 0.514. The number of amides is 1. The number of aliphatic hydroxyl groups is 3. The van der Waals surface area contributed by atoms with Gasteiger partial charge in [0, 0.05) is 40.8 Å². The molecule has 0 spiro atoms. The van der Waals surface area contributed by atoms with Crippen molar-refractivity contribution in [1.82, 2.24) is 10.2 Å².